The Hall–Kier alpha value is -0.0200. The van der Waals surface area contributed by atoms with Gasteiger partial charge in [-0.1, -0.05) is 11.3 Å². The van der Waals surface area contributed by atoms with Gasteiger partial charge in [0.2, 0.25) is 4.34 Å². The van der Waals surface area contributed by atoms with Crippen molar-refractivity contribution in [3.63, 3.8) is 0 Å². The van der Waals surface area contributed by atoms with Crippen molar-refractivity contribution in [3.05, 3.63) is 9.48 Å². The fraction of sp³-hybridized carbons (Fsp3) is 0.625. The maximum atomic E-state index is 12.1. The van der Waals surface area contributed by atoms with Gasteiger partial charge in [0.05, 0.1) is 15.6 Å². The molecule has 2 heterocycles. The summed E-state index contributed by atoms with van der Waals surface area (Å²) < 4.78 is 26.3. The van der Waals surface area contributed by atoms with Crippen LogP contribution in [0.2, 0.25) is 0 Å². The van der Waals surface area contributed by atoms with E-state index in [1.54, 1.807) is 6.92 Å². The van der Waals surface area contributed by atoms with Crippen LogP contribution < -0.4 is 0 Å². The molecule has 0 radical (unpaired) electrons. The third kappa shape index (κ3) is 2.17. The standard InChI is InChI=1S/C8H11BrN2O3S2/c1-5-7(9)15-8(10-5)16(13,14)11-3-2-6(12)4-11/h6,12H,2-4H2,1H3/t6-/m0/s1. The summed E-state index contributed by atoms with van der Waals surface area (Å²) in [5.41, 5.74) is 0.670. The predicted molar refractivity (Wildman–Crippen MR) is 63.9 cm³/mol. The van der Waals surface area contributed by atoms with Crippen LogP contribution in [0.5, 0.6) is 0 Å². The normalized spacial score (nSPS) is 22.8. The molecular weight excluding hydrogens is 316 g/mol. The van der Waals surface area contributed by atoms with Gasteiger partial charge in [0.1, 0.15) is 0 Å². The van der Waals surface area contributed by atoms with Crippen molar-refractivity contribution >= 4 is 37.3 Å². The van der Waals surface area contributed by atoms with Crippen LogP contribution in [0.3, 0.4) is 0 Å². The third-order valence-electron chi connectivity index (χ3n) is 2.41. The fourth-order valence-corrected chi connectivity index (χ4v) is 5.08. The predicted octanol–water partition coefficient (Wildman–Crippen LogP) is 0.969. The molecule has 5 nitrogen and oxygen atoms in total. The van der Waals surface area contributed by atoms with Gasteiger partial charge in [-0.3, -0.25) is 0 Å². The molecule has 8 heteroatoms. The quantitative estimate of drug-likeness (QED) is 0.879. The van der Waals surface area contributed by atoms with E-state index >= 15 is 0 Å². The van der Waals surface area contributed by atoms with Crippen molar-refractivity contribution in [1.82, 2.24) is 9.29 Å². The molecule has 0 aromatic carbocycles. The van der Waals surface area contributed by atoms with Crippen LogP contribution in [0.4, 0.5) is 0 Å². The molecule has 0 unspecified atom stereocenters. The highest BCUT2D eigenvalue weighted by atomic mass is 79.9. The minimum absolute atomic E-state index is 0.0889. The largest absolute Gasteiger partial charge is 0.392 e. The van der Waals surface area contributed by atoms with Crippen LogP contribution in [0, 0.1) is 6.92 Å². The van der Waals surface area contributed by atoms with Crippen molar-refractivity contribution in [2.45, 2.75) is 23.8 Å². The number of aromatic nitrogens is 1. The zero-order chi connectivity index (χ0) is 11.9. The third-order valence-corrected chi connectivity index (χ3v) is 6.63. The van der Waals surface area contributed by atoms with Crippen molar-refractivity contribution in [1.29, 1.82) is 0 Å². The SMILES string of the molecule is Cc1nc(S(=O)(=O)N2CC[C@H](O)C2)sc1Br. The maximum absolute atomic E-state index is 12.1. The van der Waals surface area contributed by atoms with E-state index in [9.17, 15) is 13.5 Å². The molecule has 1 atom stereocenters. The highest BCUT2D eigenvalue weighted by Crippen LogP contribution is 2.30. The molecular formula is C8H11BrN2O3S2. The molecule has 0 bridgehead atoms. The van der Waals surface area contributed by atoms with Gasteiger partial charge in [-0.15, -0.1) is 0 Å². The van der Waals surface area contributed by atoms with Gasteiger partial charge in [0.15, 0.2) is 0 Å². The van der Waals surface area contributed by atoms with Crippen molar-refractivity contribution in [2.24, 2.45) is 0 Å². The molecule has 1 aliphatic heterocycles. The Morgan fingerprint density at radius 2 is 2.31 bits per heavy atom. The molecule has 90 valence electrons. The number of hydrogen-bond donors (Lipinski definition) is 1. The lowest BCUT2D eigenvalue weighted by atomic mass is 10.3. The molecule has 16 heavy (non-hydrogen) atoms. The van der Waals surface area contributed by atoms with Crippen LogP contribution in [0.25, 0.3) is 0 Å². The van der Waals surface area contributed by atoms with Crippen LogP contribution >= 0.6 is 27.3 Å². The second-order valence-corrected chi connectivity index (χ2v) is 8.07. The summed E-state index contributed by atoms with van der Waals surface area (Å²) in [4.78, 5) is 4.01. The first-order valence-electron chi connectivity index (χ1n) is 4.72. The van der Waals surface area contributed by atoms with Crippen molar-refractivity contribution in [2.75, 3.05) is 13.1 Å². The van der Waals surface area contributed by atoms with Crippen molar-refractivity contribution in [3.8, 4) is 0 Å². The number of aliphatic hydroxyl groups excluding tert-OH is 1. The van der Waals surface area contributed by atoms with E-state index in [1.807, 2.05) is 0 Å². The Morgan fingerprint density at radius 1 is 1.62 bits per heavy atom. The Balaban J connectivity index is 2.32. The lowest BCUT2D eigenvalue weighted by molar-refractivity contribution is 0.189. The van der Waals surface area contributed by atoms with Gasteiger partial charge < -0.3 is 5.11 Å². The second kappa shape index (κ2) is 4.34. The first-order chi connectivity index (χ1) is 7.41. The lowest BCUT2D eigenvalue weighted by Crippen LogP contribution is -2.29. The molecule has 1 aromatic heterocycles. The van der Waals surface area contributed by atoms with Crippen LogP contribution in [-0.2, 0) is 10.0 Å². The molecule has 2 rings (SSSR count). The summed E-state index contributed by atoms with van der Waals surface area (Å²) in [6, 6.07) is 0. The van der Waals surface area contributed by atoms with Gasteiger partial charge in [-0.2, -0.15) is 4.31 Å². The fourth-order valence-electron chi connectivity index (χ4n) is 1.50. The molecule has 0 spiro atoms. The number of rotatable bonds is 2. The zero-order valence-electron chi connectivity index (χ0n) is 8.55. The Bertz CT molecular complexity index is 480. The van der Waals surface area contributed by atoms with E-state index in [-0.39, 0.29) is 10.9 Å². The highest BCUT2D eigenvalue weighted by molar-refractivity contribution is 9.11. The summed E-state index contributed by atoms with van der Waals surface area (Å²) in [6.07, 6.45) is -0.0654. The van der Waals surface area contributed by atoms with Crippen LogP contribution in [0.1, 0.15) is 12.1 Å². The lowest BCUT2D eigenvalue weighted by Gasteiger charge is -2.12. The Morgan fingerprint density at radius 3 is 2.75 bits per heavy atom. The first kappa shape index (κ1) is 12.4. The summed E-state index contributed by atoms with van der Waals surface area (Å²) in [5.74, 6) is 0. The average Bonchev–Trinajstić information content (AvgIpc) is 2.75. The molecule has 1 saturated heterocycles. The topological polar surface area (TPSA) is 70.5 Å². The smallest absolute Gasteiger partial charge is 0.270 e. The highest BCUT2D eigenvalue weighted by Gasteiger charge is 2.33. The van der Waals surface area contributed by atoms with E-state index in [2.05, 4.69) is 20.9 Å². The molecule has 0 saturated carbocycles. The molecule has 0 amide bonds. The number of aliphatic hydroxyl groups is 1. The maximum Gasteiger partial charge on any atom is 0.270 e. The number of hydrogen-bond acceptors (Lipinski definition) is 5. The van der Waals surface area contributed by atoms with Crippen LogP contribution in [0.15, 0.2) is 8.13 Å². The number of nitrogens with zero attached hydrogens (tertiary/aromatic N) is 2. The summed E-state index contributed by atoms with van der Waals surface area (Å²) in [7, 11) is -3.52. The van der Waals surface area contributed by atoms with E-state index in [1.165, 1.54) is 4.31 Å². The van der Waals surface area contributed by atoms with Crippen LogP contribution in [-0.4, -0.2) is 42.0 Å². The Kier molecular flexibility index (Phi) is 3.37. The molecule has 0 aliphatic carbocycles. The van der Waals surface area contributed by atoms with E-state index in [0.29, 0.717) is 18.7 Å². The Labute approximate surface area is 106 Å². The molecule has 1 aromatic rings. The van der Waals surface area contributed by atoms with Gasteiger partial charge in [0.25, 0.3) is 10.0 Å². The summed E-state index contributed by atoms with van der Waals surface area (Å²) >= 11 is 4.36. The molecule has 1 N–H and O–H groups in total. The number of aryl methyl sites for hydroxylation is 1. The minimum atomic E-state index is -3.52. The van der Waals surface area contributed by atoms with Gasteiger partial charge in [-0.25, -0.2) is 13.4 Å². The van der Waals surface area contributed by atoms with Gasteiger partial charge in [-0.05, 0) is 29.3 Å². The summed E-state index contributed by atoms with van der Waals surface area (Å²) in [5, 5.41) is 9.34. The second-order valence-electron chi connectivity index (χ2n) is 3.64. The van der Waals surface area contributed by atoms with Crippen molar-refractivity contribution < 1.29 is 13.5 Å². The number of β-amino-alcohol motifs (C(OH)–C–C–N with tert-alkyl or cyclic N) is 1. The number of sulfonamides is 1. The first-order valence-corrected chi connectivity index (χ1v) is 7.77. The molecule has 1 aliphatic rings. The van der Waals surface area contributed by atoms with Gasteiger partial charge >= 0.3 is 0 Å². The monoisotopic (exact) mass is 326 g/mol. The van der Waals surface area contributed by atoms with E-state index in [4.69, 9.17) is 0 Å². The van der Waals surface area contributed by atoms with E-state index < -0.39 is 16.1 Å². The number of halogens is 1. The average molecular weight is 327 g/mol. The molecule has 1 fully saturated rings. The van der Waals surface area contributed by atoms with E-state index in [0.717, 1.165) is 15.1 Å². The van der Waals surface area contributed by atoms with Gasteiger partial charge in [0, 0.05) is 13.1 Å². The zero-order valence-corrected chi connectivity index (χ0v) is 11.8. The minimum Gasteiger partial charge on any atom is -0.392 e. The number of thiazole rings is 1. The summed E-state index contributed by atoms with van der Waals surface area (Å²) in [6.45, 7) is 2.27.